The second-order valence-corrected chi connectivity index (χ2v) is 5.67. The Kier molecular flexibility index (Phi) is 4.46. The second kappa shape index (κ2) is 6.55. The molecule has 2 heterocycles. The van der Waals surface area contributed by atoms with Crippen LogP contribution in [-0.2, 0) is 6.54 Å². The molecule has 24 heavy (non-hydrogen) atoms. The molecule has 0 radical (unpaired) electrons. The molecule has 2 N–H and O–H groups in total. The van der Waals surface area contributed by atoms with Gasteiger partial charge in [-0.05, 0) is 42.0 Å². The summed E-state index contributed by atoms with van der Waals surface area (Å²) in [5.41, 5.74) is 8.87. The first-order valence-corrected chi connectivity index (χ1v) is 7.54. The monoisotopic (exact) mass is 342 g/mol. The maximum Gasteiger partial charge on any atom is 0.119 e. The third-order valence-corrected chi connectivity index (χ3v) is 4.07. The van der Waals surface area contributed by atoms with Crippen LogP contribution in [0.1, 0.15) is 5.56 Å². The van der Waals surface area contributed by atoms with Gasteiger partial charge in [0.15, 0.2) is 0 Å². The van der Waals surface area contributed by atoms with E-state index in [9.17, 15) is 0 Å². The fourth-order valence-electron chi connectivity index (χ4n) is 2.97. The molecular formula is C18H19ClN4O. The fourth-order valence-corrected chi connectivity index (χ4v) is 2.97. The summed E-state index contributed by atoms with van der Waals surface area (Å²) in [5.74, 6) is 0.847. The summed E-state index contributed by atoms with van der Waals surface area (Å²) in [6, 6.07) is 14.1. The Balaban J connectivity index is 0.00000169. The molecule has 2 aromatic carbocycles. The van der Waals surface area contributed by atoms with E-state index in [4.69, 9.17) is 4.74 Å². The van der Waals surface area contributed by atoms with Gasteiger partial charge >= 0.3 is 0 Å². The van der Waals surface area contributed by atoms with Crippen molar-refractivity contribution in [3.8, 4) is 5.75 Å². The number of methoxy groups -OCH3 is 1. The topological polar surface area (TPSA) is 49.4 Å². The van der Waals surface area contributed by atoms with Crippen molar-refractivity contribution >= 4 is 40.4 Å². The van der Waals surface area contributed by atoms with Crippen molar-refractivity contribution in [1.82, 2.24) is 9.99 Å². The highest BCUT2D eigenvalue weighted by atomic mass is 35.5. The number of hydrogen-bond donors (Lipinski definition) is 2. The van der Waals surface area contributed by atoms with Crippen LogP contribution in [0, 0.1) is 0 Å². The Hall–Kier alpha value is -2.50. The minimum Gasteiger partial charge on any atom is -0.497 e. The first-order valence-electron chi connectivity index (χ1n) is 7.54. The van der Waals surface area contributed by atoms with Crippen LogP contribution in [0.4, 0.5) is 17.1 Å². The van der Waals surface area contributed by atoms with Gasteiger partial charge in [0.05, 0.1) is 24.0 Å². The molecule has 1 aliphatic heterocycles. The quantitative estimate of drug-likeness (QED) is 0.747. The lowest BCUT2D eigenvalue weighted by atomic mass is 10.1. The molecule has 5 nitrogen and oxygen atoms in total. The molecular weight excluding hydrogens is 324 g/mol. The minimum atomic E-state index is 0. The number of nitrogens with one attached hydrogen (secondary N) is 2. The predicted octanol–water partition coefficient (Wildman–Crippen LogP) is 4.18. The molecule has 6 heteroatoms. The van der Waals surface area contributed by atoms with E-state index < -0.39 is 0 Å². The number of aromatic nitrogens is 1. The Bertz CT molecular complexity index is 867. The molecule has 0 spiro atoms. The van der Waals surface area contributed by atoms with E-state index in [2.05, 4.69) is 32.9 Å². The average Bonchev–Trinajstić information content (AvgIpc) is 2.96. The van der Waals surface area contributed by atoms with Crippen molar-refractivity contribution in [2.75, 3.05) is 24.9 Å². The summed E-state index contributed by atoms with van der Waals surface area (Å²) in [5, 5.41) is 6.68. The van der Waals surface area contributed by atoms with E-state index in [0.29, 0.717) is 0 Å². The SMILES string of the molecule is COc1ccc(Nc2ccnc3ccc4c(c23)NN(C)C4)cc1.Cl. The number of fused-ring (bicyclic) bond motifs is 3. The van der Waals surface area contributed by atoms with Gasteiger partial charge in [-0.1, -0.05) is 6.07 Å². The van der Waals surface area contributed by atoms with Crippen molar-refractivity contribution in [2.24, 2.45) is 0 Å². The molecule has 0 bridgehead atoms. The van der Waals surface area contributed by atoms with Crippen molar-refractivity contribution in [3.05, 3.63) is 54.2 Å². The van der Waals surface area contributed by atoms with Crippen LogP contribution in [0.5, 0.6) is 5.75 Å². The molecule has 0 aliphatic carbocycles. The van der Waals surface area contributed by atoms with Crippen molar-refractivity contribution in [2.45, 2.75) is 6.54 Å². The zero-order chi connectivity index (χ0) is 15.8. The number of pyridine rings is 1. The lowest BCUT2D eigenvalue weighted by Crippen LogP contribution is -2.16. The normalized spacial score (nSPS) is 13.1. The van der Waals surface area contributed by atoms with Gasteiger partial charge in [-0.15, -0.1) is 12.4 Å². The minimum absolute atomic E-state index is 0. The van der Waals surface area contributed by atoms with Crippen LogP contribution in [0.2, 0.25) is 0 Å². The lowest BCUT2D eigenvalue weighted by molar-refractivity contribution is 0.415. The summed E-state index contributed by atoms with van der Waals surface area (Å²) in [4.78, 5) is 4.49. The summed E-state index contributed by atoms with van der Waals surface area (Å²) in [7, 11) is 3.71. The van der Waals surface area contributed by atoms with Gasteiger partial charge in [-0.3, -0.25) is 4.98 Å². The fraction of sp³-hybridized carbons (Fsp3) is 0.167. The standard InChI is InChI=1S/C18H18N4O.ClH/c1-22-11-12-3-8-15-17(18(12)21-22)16(9-10-19-15)20-13-4-6-14(23-2)7-5-13;/h3-10,21H,11H2,1-2H3,(H,19,20);1H. The molecule has 0 amide bonds. The Morgan fingerprint density at radius 1 is 1.12 bits per heavy atom. The van der Waals surface area contributed by atoms with Gasteiger partial charge < -0.3 is 15.5 Å². The van der Waals surface area contributed by atoms with Gasteiger partial charge in [0, 0.05) is 30.9 Å². The molecule has 0 atom stereocenters. The molecule has 4 rings (SSSR count). The second-order valence-electron chi connectivity index (χ2n) is 5.67. The number of hydrazine groups is 1. The molecule has 1 aromatic heterocycles. The van der Waals surface area contributed by atoms with Crippen LogP contribution >= 0.6 is 12.4 Å². The van der Waals surface area contributed by atoms with Gasteiger partial charge in [-0.25, -0.2) is 5.01 Å². The first kappa shape index (κ1) is 16.4. The number of rotatable bonds is 3. The van der Waals surface area contributed by atoms with Gasteiger partial charge in [0.1, 0.15) is 5.75 Å². The van der Waals surface area contributed by atoms with E-state index in [0.717, 1.165) is 40.3 Å². The van der Waals surface area contributed by atoms with Crippen LogP contribution in [0.25, 0.3) is 10.9 Å². The van der Waals surface area contributed by atoms with Crippen LogP contribution in [-0.4, -0.2) is 24.2 Å². The Morgan fingerprint density at radius 2 is 1.92 bits per heavy atom. The first-order chi connectivity index (χ1) is 11.2. The van der Waals surface area contributed by atoms with E-state index in [1.54, 1.807) is 7.11 Å². The van der Waals surface area contributed by atoms with Gasteiger partial charge in [0.2, 0.25) is 0 Å². The summed E-state index contributed by atoms with van der Waals surface area (Å²) in [6.07, 6.45) is 1.83. The smallest absolute Gasteiger partial charge is 0.119 e. The lowest BCUT2D eigenvalue weighted by Gasteiger charge is -2.14. The van der Waals surface area contributed by atoms with Crippen molar-refractivity contribution in [1.29, 1.82) is 0 Å². The van der Waals surface area contributed by atoms with E-state index in [1.807, 2.05) is 43.6 Å². The van der Waals surface area contributed by atoms with E-state index >= 15 is 0 Å². The zero-order valence-electron chi connectivity index (χ0n) is 13.5. The number of nitrogens with zero attached hydrogens (tertiary/aromatic N) is 2. The average molecular weight is 343 g/mol. The third-order valence-electron chi connectivity index (χ3n) is 4.07. The Labute approximate surface area is 147 Å². The summed E-state index contributed by atoms with van der Waals surface area (Å²) in [6.45, 7) is 0.891. The van der Waals surface area contributed by atoms with Crippen molar-refractivity contribution in [3.63, 3.8) is 0 Å². The maximum atomic E-state index is 5.21. The number of ether oxygens (including phenoxy) is 1. The number of anilines is 3. The highest BCUT2D eigenvalue weighted by Crippen LogP contribution is 2.37. The zero-order valence-corrected chi connectivity index (χ0v) is 14.4. The summed E-state index contributed by atoms with van der Waals surface area (Å²) < 4.78 is 5.21. The van der Waals surface area contributed by atoms with E-state index in [1.165, 1.54) is 5.56 Å². The summed E-state index contributed by atoms with van der Waals surface area (Å²) >= 11 is 0. The highest BCUT2D eigenvalue weighted by Gasteiger charge is 2.19. The maximum absolute atomic E-state index is 5.21. The molecule has 0 saturated heterocycles. The number of halogens is 1. The highest BCUT2D eigenvalue weighted by molar-refractivity contribution is 6.03. The molecule has 1 aliphatic rings. The predicted molar refractivity (Wildman–Crippen MR) is 100 cm³/mol. The van der Waals surface area contributed by atoms with Crippen LogP contribution in [0.3, 0.4) is 0 Å². The molecule has 0 saturated carbocycles. The molecule has 3 aromatic rings. The molecule has 0 unspecified atom stereocenters. The number of benzene rings is 2. The van der Waals surface area contributed by atoms with E-state index in [-0.39, 0.29) is 12.4 Å². The number of hydrogen-bond acceptors (Lipinski definition) is 5. The Morgan fingerprint density at radius 3 is 2.67 bits per heavy atom. The molecule has 124 valence electrons. The van der Waals surface area contributed by atoms with Crippen LogP contribution in [0.15, 0.2) is 48.7 Å². The van der Waals surface area contributed by atoms with Crippen molar-refractivity contribution < 1.29 is 4.74 Å². The molecule has 0 fully saturated rings. The van der Waals surface area contributed by atoms with Gasteiger partial charge in [0.25, 0.3) is 0 Å². The van der Waals surface area contributed by atoms with Crippen LogP contribution < -0.4 is 15.5 Å². The third kappa shape index (κ3) is 2.84. The largest absolute Gasteiger partial charge is 0.497 e. The van der Waals surface area contributed by atoms with Gasteiger partial charge in [-0.2, -0.15) is 0 Å².